The molecule has 2 N–H and O–H groups in total. The SMILES string of the molecule is CCC(=O)NCC(=O)Nc1cc(Cl)ccc1OC. The molecule has 0 saturated heterocycles. The van der Waals surface area contributed by atoms with Gasteiger partial charge in [-0.1, -0.05) is 18.5 Å². The second-order valence-electron chi connectivity index (χ2n) is 3.52. The van der Waals surface area contributed by atoms with Gasteiger partial charge in [0, 0.05) is 11.4 Å². The standard InChI is InChI=1S/C12H15ClN2O3/c1-3-11(16)14-7-12(17)15-9-6-8(13)4-5-10(9)18-2/h4-6H,3,7H2,1-2H3,(H,14,16)(H,15,17). The van der Waals surface area contributed by atoms with Crippen molar-refractivity contribution in [2.75, 3.05) is 19.0 Å². The Bertz CT molecular complexity index is 449. The van der Waals surface area contributed by atoms with E-state index in [1.165, 1.54) is 7.11 Å². The van der Waals surface area contributed by atoms with Gasteiger partial charge in [0.05, 0.1) is 19.3 Å². The van der Waals surface area contributed by atoms with Crippen LogP contribution in [0.4, 0.5) is 5.69 Å². The highest BCUT2D eigenvalue weighted by Gasteiger charge is 2.09. The van der Waals surface area contributed by atoms with Gasteiger partial charge in [0.1, 0.15) is 5.75 Å². The maximum Gasteiger partial charge on any atom is 0.243 e. The van der Waals surface area contributed by atoms with Crippen LogP contribution in [0.2, 0.25) is 5.02 Å². The Hall–Kier alpha value is -1.75. The van der Waals surface area contributed by atoms with Crippen molar-refractivity contribution in [2.24, 2.45) is 0 Å². The summed E-state index contributed by atoms with van der Waals surface area (Å²) in [5.41, 5.74) is 0.473. The molecule has 0 aromatic heterocycles. The molecule has 0 unspecified atom stereocenters. The van der Waals surface area contributed by atoms with Crippen molar-refractivity contribution in [3.05, 3.63) is 23.2 Å². The van der Waals surface area contributed by atoms with Gasteiger partial charge in [-0.05, 0) is 18.2 Å². The Morgan fingerprint density at radius 1 is 1.33 bits per heavy atom. The van der Waals surface area contributed by atoms with Crippen molar-refractivity contribution in [1.29, 1.82) is 0 Å². The zero-order valence-electron chi connectivity index (χ0n) is 10.2. The van der Waals surface area contributed by atoms with Crippen molar-refractivity contribution >= 4 is 29.1 Å². The molecule has 0 atom stereocenters. The highest BCUT2D eigenvalue weighted by atomic mass is 35.5. The lowest BCUT2D eigenvalue weighted by Crippen LogP contribution is -2.32. The van der Waals surface area contributed by atoms with E-state index in [0.717, 1.165) is 0 Å². The molecule has 0 aliphatic rings. The molecule has 5 nitrogen and oxygen atoms in total. The first-order valence-corrected chi connectivity index (χ1v) is 5.84. The molecular formula is C12H15ClN2O3. The van der Waals surface area contributed by atoms with Crippen LogP contribution in [0.25, 0.3) is 0 Å². The summed E-state index contributed by atoms with van der Waals surface area (Å²) in [7, 11) is 1.50. The molecule has 0 aliphatic carbocycles. The topological polar surface area (TPSA) is 67.4 Å². The van der Waals surface area contributed by atoms with Gasteiger partial charge in [-0.15, -0.1) is 0 Å². The number of rotatable bonds is 5. The van der Waals surface area contributed by atoms with Crippen LogP contribution in [0.15, 0.2) is 18.2 Å². The minimum Gasteiger partial charge on any atom is -0.495 e. The Labute approximate surface area is 110 Å². The minimum atomic E-state index is -0.336. The van der Waals surface area contributed by atoms with E-state index in [9.17, 15) is 9.59 Å². The number of methoxy groups -OCH3 is 1. The van der Waals surface area contributed by atoms with Crippen molar-refractivity contribution in [3.8, 4) is 5.75 Å². The first-order valence-electron chi connectivity index (χ1n) is 5.47. The van der Waals surface area contributed by atoms with Crippen molar-refractivity contribution < 1.29 is 14.3 Å². The van der Waals surface area contributed by atoms with Crippen LogP contribution >= 0.6 is 11.6 Å². The zero-order valence-corrected chi connectivity index (χ0v) is 11.0. The number of anilines is 1. The fraction of sp³-hybridized carbons (Fsp3) is 0.333. The van der Waals surface area contributed by atoms with E-state index in [0.29, 0.717) is 22.9 Å². The number of nitrogens with one attached hydrogen (secondary N) is 2. The maximum absolute atomic E-state index is 11.6. The molecule has 0 aliphatic heterocycles. The van der Waals surface area contributed by atoms with E-state index >= 15 is 0 Å². The van der Waals surface area contributed by atoms with E-state index in [4.69, 9.17) is 16.3 Å². The quantitative estimate of drug-likeness (QED) is 0.857. The molecule has 0 radical (unpaired) electrons. The molecule has 98 valence electrons. The second kappa shape index (κ2) is 6.86. The third-order valence-corrected chi connectivity index (χ3v) is 2.44. The summed E-state index contributed by atoms with van der Waals surface area (Å²) < 4.78 is 5.09. The maximum atomic E-state index is 11.6. The van der Waals surface area contributed by atoms with Gasteiger partial charge >= 0.3 is 0 Å². The zero-order chi connectivity index (χ0) is 13.5. The highest BCUT2D eigenvalue weighted by Crippen LogP contribution is 2.27. The highest BCUT2D eigenvalue weighted by molar-refractivity contribution is 6.31. The van der Waals surface area contributed by atoms with E-state index < -0.39 is 0 Å². The first-order chi connectivity index (χ1) is 8.56. The molecule has 18 heavy (non-hydrogen) atoms. The van der Waals surface area contributed by atoms with E-state index in [2.05, 4.69) is 10.6 Å². The average Bonchev–Trinajstić information content (AvgIpc) is 2.36. The normalized spacial score (nSPS) is 9.72. The number of halogens is 1. The summed E-state index contributed by atoms with van der Waals surface area (Å²) in [6.07, 6.45) is 0.341. The van der Waals surface area contributed by atoms with E-state index in [1.54, 1.807) is 25.1 Å². The van der Waals surface area contributed by atoms with Crippen LogP contribution in [-0.4, -0.2) is 25.5 Å². The molecule has 2 amide bonds. The van der Waals surface area contributed by atoms with Crippen LogP contribution in [-0.2, 0) is 9.59 Å². The predicted molar refractivity (Wildman–Crippen MR) is 69.9 cm³/mol. The molecule has 0 heterocycles. The van der Waals surface area contributed by atoms with Gasteiger partial charge in [-0.3, -0.25) is 9.59 Å². The molecule has 1 aromatic rings. The van der Waals surface area contributed by atoms with Crippen LogP contribution < -0.4 is 15.4 Å². The number of hydrogen-bond acceptors (Lipinski definition) is 3. The Kier molecular flexibility index (Phi) is 5.45. The van der Waals surface area contributed by atoms with Gasteiger partial charge in [0.15, 0.2) is 0 Å². The molecule has 0 fully saturated rings. The molecular weight excluding hydrogens is 256 g/mol. The molecule has 6 heteroatoms. The number of carbonyl (C=O) groups is 2. The lowest BCUT2D eigenvalue weighted by atomic mass is 10.3. The second-order valence-corrected chi connectivity index (χ2v) is 3.96. The minimum absolute atomic E-state index is 0.0810. The van der Waals surface area contributed by atoms with Crippen molar-refractivity contribution in [1.82, 2.24) is 5.32 Å². The first kappa shape index (κ1) is 14.3. The molecule has 0 bridgehead atoms. The Balaban J connectivity index is 2.63. The van der Waals surface area contributed by atoms with Gasteiger partial charge in [0.25, 0.3) is 0 Å². The van der Waals surface area contributed by atoms with Gasteiger partial charge < -0.3 is 15.4 Å². The third-order valence-electron chi connectivity index (χ3n) is 2.20. The summed E-state index contributed by atoms with van der Waals surface area (Å²) in [5, 5.41) is 5.59. The molecule has 1 aromatic carbocycles. The van der Waals surface area contributed by atoms with Crippen LogP contribution in [0, 0.1) is 0 Å². The monoisotopic (exact) mass is 270 g/mol. The van der Waals surface area contributed by atoms with Gasteiger partial charge in [0.2, 0.25) is 11.8 Å². The molecule has 1 rings (SSSR count). The fourth-order valence-electron chi connectivity index (χ4n) is 1.28. The lowest BCUT2D eigenvalue weighted by molar-refractivity contribution is -0.123. The number of amides is 2. The Morgan fingerprint density at radius 3 is 2.67 bits per heavy atom. The third kappa shape index (κ3) is 4.25. The Morgan fingerprint density at radius 2 is 2.06 bits per heavy atom. The molecule has 0 saturated carbocycles. The summed E-state index contributed by atoms with van der Waals surface area (Å²) >= 11 is 5.83. The average molecular weight is 271 g/mol. The molecule has 0 spiro atoms. The number of hydrogen-bond donors (Lipinski definition) is 2. The smallest absolute Gasteiger partial charge is 0.243 e. The van der Waals surface area contributed by atoms with Crippen molar-refractivity contribution in [3.63, 3.8) is 0 Å². The lowest BCUT2D eigenvalue weighted by Gasteiger charge is -2.10. The fourth-order valence-corrected chi connectivity index (χ4v) is 1.45. The van der Waals surface area contributed by atoms with Crippen LogP contribution in [0.1, 0.15) is 13.3 Å². The summed E-state index contributed by atoms with van der Waals surface area (Å²) in [4.78, 5) is 22.6. The van der Waals surface area contributed by atoms with E-state index in [1.807, 2.05) is 0 Å². The van der Waals surface area contributed by atoms with Crippen molar-refractivity contribution in [2.45, 2.75) is 13.3 Å². The number of ether oxygens (including phenoxy) is 1. The predicted octanol–water partition coefficient (Wildman–Crippen LogP) is 1.81. The summed E-state index contributed by atoms with van der Waals surface area (Å²) in [6, 6.07) is 4.90. The van der Waals surface area contributed by atoms with Gasteiger partial charge in [-0.25, -0.2) is 0 Å². The van der Waals surface area contributed by atoms with Crippen LogP contribution in [0.5, 0.6) is 5.75 Å². The number of carbonyl (C=O) groups excluding carboxylic acids is 2. The van der Waals surface area contributed by atoms with E-state index in [-0.39, 0.29) is 18.4 Å². The summed E-state index contributed by atoms with van der Waals surface area (Å²) in [6.45, 7) is 1.63. The number of benzene rings is 1. The van der Waals surface area contributed by atoms with Crippen LogP contribution in [0.3, 0.4) is 0 Å². The van der Waals surface area contributed by atoms with Gasteiger partial charge in [-0.2, -0.15) is 0 Å². The summed E-state index contributed by atoms with van der Waals surface area (Å²) in [5.74, 6) is -0.00450. The largest absolute Gasteiger partial charge is 0.495 e.